The van der Waals surface area contributed by atoms with Crippen LogP contribution in [-0.4, -0.2) is 11.3 Å². The van der Waals surface area contributed by atoms with E-state index >= 15 is 0 Å². The van der Waals surface area contributed by atoms with Crippen molar-refractivity contribution in [1.82, 2.24) is 4.57 Å². The van der Waals surface area contributed by atoms with Crippen molar-refractivity contribution in [3.63, 3.8) is 0 Å². The number of anilines is 6. The Labute approximate surface area is 409 Å². The van der Waals surface area contributed by atoms with Crippen LogP contribution in [0, 0.1) is 0 Å². The molecule has 0 radical (unpaired) electrons. The fraction of sp³-hybridized carbons (Fsp3) is 0.121. The lowest BCUT2D eigenvalue weighted by Crippen LogP contribution is -2.61. The minimum atomic E-state index is -0.0781. The summed E-state index contributed by atoms with van der Waals surface area (Å²) < 4.78 is 2.59. The van der Waals surface area contributed by atoms with Crippen molar-refractivity contribution >= 4 is 122 Å². The van der Waals surface area contributed by atoms with Crippen LogP contribution < -0.4 is 26.2 Å². The van der Waals surface area contributed by atoms with Gasteiger partial charge >= 0.3 is 0 Å². The average Bonchev–Trinajstić information content (AvgIpc) is 3.69. The molecule has 12 aromatic rings. The highest BCUT2D eigenvalue weighted by Gasteiger charge is 2.45. The first-order valence-electron chi connectivity index (χ1n) is 24.9. The lowest BCUT2D eigenvalue weighted by molar-refractivity contribution is 0.590. The first-order chi connectivity index (χ1) is 34.0. The molecule has 0 saturated carbocycles. The largest absolute Gasteiger partial charge is 0.311 e. The maximum atomic E-state index is 2.62. The van der Waals surface area contributed by atoms with Crippen LogP contribution in [0.5, 0.6) is 0 Å². The molecule has 2 aliphatic heterocycles. The molecule has 0 amide bonds. The van der Waals surface area contributed by atoms with Crippen molar-refractivity contribution in [2.75, 3.05) is 9.80 Å². The smallest absolute Gasteiger partial charge is 0.252 e. The third-order valence-electron chi connectivity index (χ3n) is 15.5. The Balaban J connectivity index is 1.17. The molecule has 0 atom stereocenters. The summed E-state index contributed by atoms with van der Waals surface area (Å²) in [6, 6.07) is 78.6. The Morgan fingerprint density at radius 2 is 0.729 bits per heavy atom. The number of rotatable bonds is 3. The summed E-state index contributed by atoms with van der Waals surface area (Å²) in [5, 5.41) is 12.4. The van der Waals surface area contributed by atoms with E-state index in [9.17, 15) is 0 Å². The van der Waals surface area contributed by atoms with Crippen molar-refractivity contribution in [3.8, 4) is 5.69 Å². The second-order valence-electron chi connectivity index (χ2n) is 21.8. The van der Waals surface area contributed by atoms with Crippen LogP contribution in [0.25, 0.3) is 70.6 Å². The second kappa shape index (κ2) is 14.7. The maximum Gasteiger partial charge on any atom is 0.252 e. The highest BCUT2D eigenvalue weighted by molar-refractivity contribution is 7.00. The molecule has 3 heterocycles. The highest BCUT2D eigenvalue weighted by atomic mass is 15.2. The van der Waals surface area contributed by atoms with E-state index in [0.29, 0.717) is 0 Å². The summed E-state index contributed by atoms with van der Waals surface area (Å²) in [5.74, 6) is 0. The zero-order valence-corrected chi connectivity index (χ0v) is 40.5. The second-order valence-corrected chi connectivity index (χ2v) is 21.8. The van der Waals surface area contributed by atoms with Gasteiger partial charge in [-0.05, 0) is 154 Å². The van der Waals surface area contributed by atoms with Gasteiger partial charge in [0, 0.05) is 39.2 Å². The number of aromatic nitrogens is 1. The van der Waals surface area contributed by atoms with Gasteiger partial charge in [-0.3, -0.25) is 0 Å². The summed E-state index contributed by atoms with van der Waals surface area (Å²) in [5.41, 5.74) is 17.2. The molecule has 0 N–H and O–H groups in total. The first kappa shape index (κ1) is 40.9. The topological polar surface area (TPSA) is 11.4 Å². The van der Waals surface area contributed by atoms with E-state index in [1.165, 1.54) is 115 Å². The molecule has 0 spiro atoms. The van der Waals surface area contributed by atoms with Crippen molar-refractivity contribution in [2.45, 2.75) is 52.4 Å². The molecule has 3 nitrogen and oxygen atoms in total. The van der Waals surface area contributed by atoms with Crippen LogP contribution in [0.15, 0.2) is 206 Å². The van der Waals surface area contributed by atoms with Gasteiger partial charge in [0.15, 0.2) is 0 Å². The fourth-order valence-electron chi connectivity index (χ4n) is 11.9. The molecule has 4 heteroatoms. The van der Waals surface area contributed by atoms with Crippen molar-refractivity contribution < 1.29 is 0 Å². The Morgan fingerprint density at radius 1 is 0.329 bits per heavy atom. The van der Waals surface area contributed by atoms with Gasteiger partial charge in [0.05, 0.1) is 22.4 Å². The lowest BCUT2D eigenvalue weighted by Gasteiger charge is -2.45. The molecule has 334 valence electrons. The molecule has 0 saturated heterocycles. The normalized spacial score (nSPS) is 13.5. The van der Waals surface area contributed by atoms with Crippen LogP contribution in [0.2, 0.25) is 0 Å². The van der Waals surface area contributed by atoms with Gasteiger partial charge in [-0.2, -0.15) is 0 Å². The third-order valence-corrected chi connectivity index (χ3v) is 15.5. The Morgan fingerprint density at radius 3 is 1.20 bits per heavy atom. The standard InChI is InChI=1S/C66H52BN3/c1-65(2,3)49-25-29-57-53(39-49)54-40-50(66(4,5)6)26-30-58(54)70(57)60-32-31-59-63-64(60)69(52-28-24-42-16-8-10-18-44(42)34-52)62-38-48-22-14-12-20-46(48)36-56(62)67(63)55-35-45-19-11-13-21-47(45)37-61(55)68(59)51-27-23-41-15-7-9-17-43(41)33-51/h7-40H,1-6H3. The lowest BCUT2D eigenvalue weighted by atomic mass is 9.33. The van der Waals surface area contributed by atoms with E-state index in [1.807, 2.05) is 0 Å². The number of nitrogens with zero attached hydrogens (tertiary/aromatic N) is 3. The van der Waals surface area contributed by atoms with E-state index in [-0.39, 0.29) is 17.5 Å². The summed E-state index contributed by atoms with van der Waals surface area (Å²) in [4.78, 5) is 5.18. The van der Waals surface area contributed by atoms with Crippen molar-refractivity contribution in [3.05, 3.63) is 217 Å². The molecular formula is C66H52BN3. The summed E-state index contributed by atoms with van der Waals surface area (Å²) in [6.45, 7) is 13.9. The van der Waals surface area contributed by atoms with Gasteiger partial charge in [0.25, 0.3) is 6.71 Å². The zero-order chi connectivity index (χ0) is 47.2. The predicted molar refractivity (Wildman–Crippen MR) is 302 cm³/mol. The number of hydrogen-bond donors (Lipinski definition) is 0. The fourth-order valence-corrected chi connectivity index (χ4v) is 11.9. The monoisotopic (exact) mass is 897 g/mol. The summed E-state index contributed by atoms with van der Waals surface area (Å²) in [7, 11) is 0. The Bertz CT molecular complexity index is 4090. The van der Waals surface area contributed by atoms with Gasteiger partial charge in [-0.25, -0.2) is 0 Å². The number of fused-ring (bicyclic) bond motifs is 11. The van der Waals surface area contributed by atoms with Gasteiger partial charge in [0.2, 0.25) is 0 Å². The van der Waals surface area contributed by atoms with Gasteiger partial charge in [-0.15, -0.1) is 0 Å². The molecule has 0 bridgehead atoms. The van der Waals surface area contributed by atoms with Gasteiger partial charge < -0.3 is 14.4 Å². The van der Waals surface area contributed by atoms with Crippen LogP contribution in [0.1, 0.15) is 52.7 Å². The molecule has 2 aliphatic rings. The van der Waals surface area contributed by atoms with E-state index in [1.54, 1.807) is 0 Å². The van der Waals surface area contributed by atoms with Gasteiger partial charge in [0.1, 0.15) is 0 Å². The van der Waals surface area contributed by atoms with E-state index in [4.69, 9.17) is 0 Å². The molecule has 1 aromatic heterocycles. The molecule has 0 fully saturated rings. The van der Waals surface area contributed by atoms with Crippen LogP contribution in [0.4, 0.5) is 34.1 Å². The summed E-state index contributed by atoms with van der Waals surface area (Å²) >= 11 is 0. The van der Waals surface area contributed by atoms with Crippen molar-refractivity contribution in [1.29, 1.82) is 0 Å². The van der Waals surface area contributed by atoms with Gasteiger partial charge in [-0.1, -0.05) is 175 Å². The molecule has 0 aliphatic carbocycles. The summed E-state index contributed by atoms with van der Waals surface area (Å²) in [6.07, 6.45) is 0. The molecule has 11 aromatic carbocycles. The van der Waals surface area contributed by atoms with E-state index < -0.39 is 0 Å². The van der Waals surface area contributed by atoms with Crippen molar-refractivity contribution in [2.24, 2.45) is 0 Å². The Hall–Kier alpha value is -8.08. The minimum absolute atomic E-state index is 0.0154. The zero-order valence-electron chi connectivity index (χ0n) is 40.5. The van der Waals surface area contributed by atoms with Crippen LogP contribution in [0.3, 0.4) is 0 Å². The SMILES string of the molecule is CC(C)(C)c1ccc2c(c1)c1cc(C(C)(C)C)ccc1n2-c1ccc2c3c1N(c1ccc4ccccc4c1)c1cc4ccccc4cc1B3c1cc3ccccc3cc1N2c1ccc2ccccc2c1. The Kier molecular flexibility index (Phi) is 8.61. The molecule has 0 unspecified atom stereocenters. The third kappa shape index (κ3) is 6.08. The van der Waals surface area contributed by atoms with E-state index in [2.05, 4.69) is 262 Å². The average molecular weight is 898 g/mol. The maximum absolute atomic E-state index is 2.62. The van der Waals surface area contributed by atoms with Crippen LogP contribution >= 0.6 is 0 Å². The van der Waals surface area contributed by atoms with E-state index in [0.717, 1.165) is 17.1 Å². The predicted octanol–water partition coefficient (Wildman–Crippen LogP) is 16.1. The highest BCUT2D eigenvalue weighted by Crippen LogP contribution is 2.50. The first-order valence-corrected chi connectivity index (χ1v) is 24.9. The minimum Gasteiger partial charge on any atom is -0.311 e. The molecular weight excluding hydrogens is 846 g/mol. The number of hydrogen-bond acceptors (Lipinski definition) is 2. The number of benzene rings is 11. The van der Waals surface area contributed by atoms with Crippen LogP contribution in [-0.2, 0) is 10.8 Å². The quantitative estimate of drug-likeness (QED) is 0.164. The molecule has 70 heavy (non-hydrogen) atoms. The molecule has 14 rings (SSSR count).